The number of phosphoric ester groups is 2. The lowest BCUT2D eigenvalue weighted by Crippen LogP contribution is -2.30. The third-order valence-electron chi connectivity index (χ3n) is 16.3. The van der Waals surface area contributed by atoms with E-state index in [0.29, 0.717) is 32.1 Å². The number of phosphoric acid groups is 2. The second-order valence-corrected chi connectivity index (χ2v) is 29.2. The van der Waals surface area contributed by atoms with Crippen molar-refractivity contribution in [3.8, 4) is 0 Å². The highest BCUT2D eigenvalue weighted by Crippen LogP contribution is 2.45. The van der Waals surface area contributed by atoms with Gasteiger partial charge in [-0.05, 0) is 154 Å². The first kappa shape index (κ1) is 98.9. The number of hydrogen-bond donors (Lipinski definition) is 3. The van der Waals surface area contributed by atoms with Crippen LogP contribution < -0.4 is 0 Å². The van der Waals surface area contributed by atoms with Crippen LogP contribution in [0.2, 0.25) is 0 Å². The van der Waals surface area contributed by atoms with Crippen molar-refractivity contribution in [3.63, 3.8) is 0 Å². The van der Waals surface area contributed by atoms with Crippen LogP contribution in [0.1, 0.15) is 310 Å². The normalized spacial score (nSPS) is 14.6. The summed E-state index contributed by atoms with van der Waals surface area (Å²) in [6, 6.07) is 0. The Morgan fingerprint density at radius 3 is 0.894 bits per heavy atom. The van der Waals surface area contributed by atoms with E-state index in [0.717, 1.165) is 180 Å². The van der Waals surface area contributed by atoms with Crippen molar-refractivity contribution in [3.05, 3.63) is 146 Å². The number of carbonyl (C=O) groups is 4. The second kappa shape index (κ2) is 76.1. The molecular weight excluding hydrogens is 1350 g/mol. The molecule has 0 aromatic rings. The Kier molecular flexibility index (Phi) is 72.4. The van der Waals surface area contributed by atoms with Crippen molar-refractivity contribution in [1.29, 1.82) is 0 Å². The molecule has 0 fully saturated rings. The molecule has 0 saturated carbocycles. The van der Waals surface area contributed by atoms with Crippen molar-refractivity contribution >= 4 is 39.5 Å². The number of hydrogen-bond acceptors (Lipinski definition) is 15. The second-order valence-electron chi connectivity index (χ2n) is 26.3. The van der Waals surface area contributed by atoms with Gasteiger partial charge in [-0.1, -0.05) is 276 Å². The Bertz CT molecular complexity index is 2540. The zero-order valence-corrected chi connectivity index (χ0v) is 66.7. The highest BCUT2D eigenvalue weighted by molar-refractivity contribution is 7.47. The quantitative estimate of drug-likeness (QED) is 0.0169. The van der Waals surface area contributed by atoms with Gasteiger partial charge in [0.15, 0.2) is 12.2 Å². The molecule has 5 unspecified atom stereocenters. The van der Waals surface area contributed by atoms with Gasteiger partial charge in [0.1, 0.15) is 19.3 Å². The van der Waals surface area contributed by atoms with Crippen LogP contribution in [0.25, 0.3) is 0 Å². The molecule has 0 aliphatic carbocycles. The van der Waals surface area contributed by atoms with E-state index in [1.807, 2.05) is 18.2 Å². The van der Waals surface area contributed by atoms with Gasteiger partial charge in [0.25, 0.3) is 0 Å². The monoisotopic (exact) mass is 1500 g/mol. The van der Waals surface area contributed by atoms with E-state index in [1.54, 1.807) is 0 Å². The summed E-state index contributed by atoms with van der Waals surface area (Å²) in [5.41, 5.74) is 0. The summed E-state index contributed by atoms with van der Waals surface area (Å²) in [6.07, 6.45) is 87.0. The molecule has 594 valence electrons. The van der Waals surface area contributed by atoms with Crippen LogP contribution in [0.4, 0.5) is 0 Å². The summed E-state index contributed by atoms with van der Waals surface area (Å²) in [6.45, 7) is 4.53. The number of rotatable bonds is 74. The average molecular weight is 1500 g/mol. The molecule has 19 heteroatoms. The summed E-state index contributed by atoms with van der Waals surface area (Å²) in [5.74, 6) is -2.31. The van der Waals surface area contributed by atoms with Gasteiger partial charge in [-0.15, -0.1) is 0 Å². The molecule has 3 N–H and O–H groups in total. The molecule has 5 atom stereocenters. The summed E-state index contributed by atoms with van der Waals surface area (Å²) in [5, 5.41) is 10.6. The summed E-state index contributed by atoms with van der Waals surface area (Å²) in [4.78, 5) is 73.0. The maximum Gasteiger partial charge on any atom is 0.472 e. The van der Waals surface area contributed by atoms with Gasteiger partial charge < -0.3 is 33.8 Å². The molecule has 0 aliphatic rings. The lowest BCUT2D eigenvalue weighted by atomic mass is 10.1. The molecule has 104 heavy (non-hydrogen) atoms. The lowest BCUT2D eigenvalue weighted by molar-refractivity contribution is -0.161. The van der Waals surface area contributed by atoms with Crippen LogP contribution in [-0.4, -0.2) is 96.7 Å². The van der Waals surface area contributed by atoms with Crippen molar-refractivity contribution in [1.82, 2.24) is 0 Å². The third-order valence-corrected chi connectivity index (χ3v) is 18.2. The maximum atomic E-state index is 13.1. The van der Waals surface area contributed by atoms with Gasteiger partial charge in [-0.2, -0.15) is 0 Å². The number of allylic oxidation sites excluding steroid dienone is 24. The highest BCUT2D eigenvalue weighted by Gasteiger charge is 2.30. The molecule has 0 bridgehead atoms. The number of carbonyl (C=O) groups excluding carboxylic acids is 4. The molecule has 0 saturated heterocycles. The number of aliphatic hydroxyl groups excluding tert-OH is 1. The van der Waals surface area contributed by atoms with E-state index in [-0.39, 0.29) is 25.7 Å². The smallest absolute Gasteiger partial charge is 0.462 e. The van der Waals surface area contributed by atoms with Gasteiger partial charge in [0, 0.05) is 25.7 Å². The number of unbranched alkanes of at least 4 members (excludes halogenated alkanes) is 24. The highest BCUT2D eigenvalue weighted by atomic mass is 31.2. The molecule has 0 rings (SSSR count). The summed E-state index contributed by atoms with van der Waals surface area (Å²) in [7, 11) is -9.99. The van der Waals surface area contributed by atoms with Crippen LogP contribution in [0, 0.1) is 0 Å². The molecule has 0 heterocycles. The van der Waals surface area contributed by atoms with Gasteiger partial charge in [0.05, 0.1) is 26.4 Å². The number of ether oxygens (including phenoxy) is 4. The fraction of sp³-hybridized carbons (Fsp3) is 0.671. The fourth-order valence-electron chi connectivity index (χ4n) is 10.2. The minimum atomic E-state index is -5.00. The molecule has 0 aliphatic heterocycles. The number of aliphatic hydroxyl groups is 1. The van der Waals surface area contributed by atoms with Crippen molar-refractivity contribution in [2.45, 2.75) is 329 Å². The average Bonchev–Trinajstić information content (AvgIpc) is 0.906. The Hall–Kier alpha value is -5.06. The summed E-state index contributed by atoms with van der Waals surface area (Å²) < 4.78 is 68.5. The van der Waals surface area contributed by atoms with Crippen LogP contribution >= 0.6 is 15.6 Å². The Morgan fingerprint density at radius 2 is 0.538 bits per heavy atom. The SMILES string of the molecule is CC/C=C\C/C=C\C/C=C\C/C=C\C/C=C\C/C=C\CCC(=O)OCC(COP(=O)(O)OCC(O)COP(=O)(O)OCC(COC(=O)CCCCCCC/C=C\C/C=C\CCC)OC(=O)CCCCCCC/C=C\CCCCCC)OC(=O)CCCCCCCC/C=C\C/C=C\C/C=C\CCCCC. The lowest BCUT2D eigenvalue weighted by Gasteiger charge is -2.21. The number of esters is 4. The first-order chi connectivity index (χ1) is 50.7. The van der Waals surface area contributed by atoms with Gasteiger partial charge in [-0.3, -0.25) is 37.3 Å². The van der Waals surface area contributed by atoms with E-state index in [9.17, 15) is 43.2 Å². The minimum Gasteiger partial charge on any atom is -0.462 e. The Labute approximate surface area is 630 Å². The van der Waals surface area contributed by atoms with Crippen LogP contribution in [-0.2, 0) is 65.4 Å². The van der Waals surface area contributed by atoms with Gasteiger partial charge in [-0.25, -0.2) is 9.13 Å². The third kappa shape index (κ3) is 75.2. The zero-order chi connectivity index (χ0) is 76.0. The first-order valence-corrected chi connectivity index (χ1v) is 43.1. The molecule has 0 amide bonds. The fourth-order valence-corrected chi connectivity index (χ4v) is 11.7. The van der Waals surface area contributed by atoms with Crippen LogP contribution in [0.5, 0.6) is 0 Å². The predicted octanol–water partition coefficient (Wildman–Crippen LogP) is 23.4. The molecule has 0 spiro atoms. The maximum absolute atomic E-state index is 13.1. The molecule has 0 aromatic carbocycles. The van der Waals surface area contributed by atoms with Crippen molar-refractivity contribution in [2.75, 3.05) is 39.6 Å². The van der Waals surface area contributed by atoms with Crippen molar-refractivity contribution < 1.29 is 80.2 Å². The Morgan fingerprint density at radius 1 is 0.279 bits per heavy atom. The summed E-state index contributed by atoms with van der Waals surface area (Å²) >= 11 is 0. The largest absolute Gasteiger partial charge is 0.472 e. The zero-order valence-electron chi connectivity index (χ0n) is 64.9. The molecule has 17 nitrogen and oxygen atoms in total. The molecule has 0 aromatic heterocycles. The van der Waals surface area contributed by atoms with E-state index in [1.165, 1.54) is 44.9 Å². The van der Waals surface area contributed by atoms with Crippen LogP contribution in [0.15, 0.2) is 146 Å². The van der Waals surface area contributed by atoms with Crippen LogP contribution in [0.3, 0.4) is 0 Å². The van der Waals surface area contributed by atoms with E-state index < -0.39 is 97.5 Å². The van der Waals surface area contributed by atoms with Gasteiger partial charge in [0.2, 0.25) is 0 Å². The van der Waals surface area contributed by atoms with Crippen molar-refractivity contribution in [2.24, 2.45) is 0 Å². The predicted molar refractivity (Wildman–Crippen MR) is 427 cm³/mol. The van der Waals surface area contributed by atoms with Gasteiger partial charge >= 0.3 is 39.5 Å². The van der Waals surface area contributed by atoms with E-state index in [4.69, 9.17) is 37.0 Å². The minimum absolute atomic E-state index is 0.0288. The van der Waals surface area contributed by atoms with E-state index >= 15 is 0 Å². The molecule has 0 radical (unpaired) electrons. The topological polar surface area (TPSA) is 237 Å². The van der Waals surface area contributed by atoms with E-state index in [2.05, 4.69) is 155 Å². The standard InChI is InChI=1S/C85H142O17P2/c1-5-9-13-17-21-25-29-33-35-37-39-41-43-47-50-54-58-62-66-70-83(88)96-76-81(102-85(90)72-68-64-60-56-52-48-44-42-40-38-36-34-30-26-22-18-14-10-6-2)78-100-104(93,94)98-74-79(86)73-97-103(91,92)99-77-80(101-84(89)71-67-63-59-55-51-46-32-28-24-20-16-12-8-4)75-95-82(87)69-65-61-57-53-49-45-31-27-23-19-15-11-7-3/h9,13,15,19,21-22,25-28,31-36,39-42,47,50,58,62,79-81,86H,5-8,10-12,14,16-18,20,23-24,29-30,37-38,43-46,48-49,51-57,59-61,63-78H2,1-4H3,(H,91,92)(H,93,94)/b13-9-,19-15-,25-21-,26-22-,31-27-,32-28-,35-33-,36-34-,41-39-,42-40-,50-47-,62-58-. The Balaban J connectivity index is 5.46. The molecular formula is C85H142O17P2. The first-order valence-electron chi connectivity index (χ1n) is 40.1.